The van der Waals surface area contributed by atoms with Crippen molar-refractivity contribution in [3.8, 4) is 28.1 Å². The van der Waals surface area contributed by atoms with E-state index in [1.165, 1.54) is 17.1 Å². The van der Waals surface area contributed by atoms with Gasteiger partial charge in [-0.1, -0.05) is 47.8 Å². The van der Waals surface area contributed by atoms with Crippen LogP contribution < -0.4 is 16.6 Å². The normalized spacial score (nSPS) is 16.4. The highest BCUT2D eigenvalue weighted by atomic mass is 35.5. The van der Waals surface area contributed by atoms with Crippen molar-refractivity contribution in [3.05, 3.63) is 105 Å². The van der Waals surface area contributed by atoms with Crippen LogP contribution in [0.3, 0.4) is 0 Å². The smallest absolute Gasteiger partial charge is 0.254 e. The largest absolute Gasteiger partial charge is 0.366 e. The number of aromatic nitrogens is 6. The van der Waals surface area contributed by atoms with Gasteiger partial charge in [0, 0.05) is 45.6 Å². The summed E-state index contributed by atoms with van der Waals surface area (Å²) in [7, 11) is 0. The molecule has 2 aromatic carbocycles. The summed E-state index contributed by atoms with van der Waals surface area (Å²) in [5.41, 5.74) is 9.66. The molecule has 11 nitrogen and oxygen atoms in total. The third kappa shape index (κ3) is 6.60. The Balaban J connectivity index is 0.00000400. The van der Waals surface area contributed by atoms with Crippen LogP contribution in [0.5, 0.6) is 0 Å². The van der Waals surface area contributed by atoms with Crippen LogP contribution in [0.4, 0.5) is 5.69 Å². The van der Waals surface area contributed by atoms with Gasteiger partial charge in [0.1, 0.15) is 0 Å². The number of fused-ring (bicyclic) bond motifs is 4. The molecule has 2 bridgehead atoms. The molecular formula is C31H27Cl3N8O3. The van der Waals surface area contributed by atoms with E-state index in [-0.39, 0.29) is 40.5 Å². The second kappa shape index (κ2) is 13.2. The summed E-state index contributed by atoms with van der Waals surface area (Å²) >= 11 is 12.3. The molecule has 0 saturated heterocycles. The molecule has 0 saturated carbocycles. The van der Waals surface area contributed by atoms with Crippen molar-refractivity contribution in [2.24, 2.45) is 11.7 Å². The highest BCUT2D eigenvalue weighted by Gasteiger charge is 2.23. The van der Waals surface area contributed by atoms with Crippen LogP contribution in [-0.2, 0) is 4.79 Å². The number of hydrogen-bond donors (Lipinski definition) is 2. The van der Waals surface area contributed by atoms with Gasteiger partial charge < -0.3 is 11.1 Å². The number of nitrogens with zero attached hydrogens (tertiary/aromatic N) is 6. The summed E-state index contributed by atoms with van der Waals surface area (Å²) in [6.45, 7) is 1.85. The first-order valence-corrected chi connectivity index (χ1v) is 14.6. The van der Waals surface area contributed by atoms with Gasteiger partial charge in [-0.05, 0) is 60.9 Å². The Hall–Kier alpha value is -4.58. The van der Waals surface area contributed by atoms with Crippen LogP contribution >= 0.6 is 35.6 Å². The Morgan fingerprint density at radius 1 is 1.00 bits per heavy atom. The van der Waals surface area contributed by atoms with Crippen molar-refractivity contribution < 1.29 is 9.59 Å². The lowest BCUT2D eigenvalue weighted by Gasteiger charge is -2.23. The molecule has 1 aliphatic heterocycles. The van der Waals surface area contributed by atoms with E-state index in [1.54, 1.807) is 53.4 Å². The number of nitrogens with one attached hydrogen (secondary N) is 1. The quantitative estimate of drug-likeness (QED) is 0.249. The fourth-order valence-electron chi connectivity index (χ4n) is 5.35. The third-order valence-electron chi connectivity index (χ3n) is 7.68. The van der Waals surface area contributed by atoms with E-state index in [0.717, 1.165) is 5.56 Å². The Kier molecular flexibility index (Phi) is 9.33. The average molecular weight is 666 g/mol. The molecule has 2 amide bonds. The number of carbonyl (C=O) groups excluding carboxylic acids is 2. The van der Waals surface area contributed by atoms with Crippen LogP contribution in [0.25, 0.3) is 28.1 Å². The number of halogens is 3. The number of nitrogens with two attached hydrogens (primary N) is 1. The van der Waals surface area contributed by atoms with E-state index in [9.17, 15) is 14.4 Å². The van der Waals surface area contributed by atoms with Gasteiger partial charge in [-0.25, -0.2) is 9.67 Å². The van der Waals surface area contributed by atoms with E-state index in [1.807, 2.05) is 19.1 Å². The summed E-state index contributed by atoms with van der Waals surface area (Å²) in [5.74, 6) is -1.09. The lowest BCUT2D eigenvalue weighted by atomic mass is 9.95. The van der Waals surface area contributed by atoms with Crippen molar-refractivity contribution in [3.63, 3.8) is 0 Å². The van der Waals surface area contributed by atoms with E-state index >= 15 is 0 Å². The minimum Gasteiger partial charge on any atom is -0.366 e. The van der Waals surface area contributed by atoms with Gasteiger partial charge in [0.15, 0.2) is 5.15 Å². The van der Waals surface area contributed by atoms with Crippen LogP contribution in [0.2, 0.25) is 10.2 Å². The van der Waals surface area contributed by atoms with E-state index in [2.05, 4.69) is 25.6 Å². The SMILES string of the molecule is C[C@@H]1CCC[C@H](n2cnc(-c3cc(Cl)ccc3-n3cc(Cl)nn3)cc2=O)c2cc(ccn2)-c2ccc(C(N)=O)cc2NC1=O.Cl. The molecule has 2 atom stereocenters. The first-order valence-electron chi connectivity index (χ1n) is 13.9. The second-order valence-electron chi connectivity index (χ2n) is 10.6. The predicted octanol–water partition coefficient (Wildman–Crippen LogP) is 5.73. The number of hydrogen-bond acceptors (Lipinski definition) is 7. The Morgan fingerprint density at radius 3 is 2.56 bits per heavy atom. The zero-order chi connectivity index (χ0) is 31.0. The van der Waals surface area contributed by atoms with E-state index in [0.29, 0.717) is 58.2 Å². The average Bonchev–Trinajstić information content (AvgIpc) is 3.44. The van der Waals surface area contributed by atoms with E-state index in [4.69, 9.17) is 28.9 Å². The molecule has 5 aromatic rings. The molecule has 0 aliphatic carbocycles. The topological polar surface area (TPSA) is 151 Å². The number of anilines is 1. The van der Waals surface area contributed by atoms with Crippen molar-refractivity contribution in [1.29, 1.82) is 0 Å². The number of rotatable bonds is 4. The van der Waals surface area contributed by atoms with Gasteiger partial charge in [0.2, 0.25) is 11.8 Å². The number of carbonyl (C=O) groups is 2. The summed E-state index contributed by atoms with van der Waals surface area (Å²) in [5, 5.41) is 11.5. The molecule has 0 radical (unpaired) electrons. The second-order valence-corrected chi connectivity index (χ2v) is 11.4. The molecule has 3 N–H and O–H groups in total. The van der Waals surface area contributed by atoms with Crippen LogP contribution in [0, 0.1) is 5.92 Å². The molecule has 230 valence electrons. The predicted molar refractivity (Wildman–Crippen MR) is 174 cm³/mol. The number of primary amides is 1. The van der Waals surface area contributed by atoms with Crippen molar-refractivity contribution in [1.82, 2.24) is 29.5 Å². The maximum atomic E-state index is 13.7. The number of amides is 2. The maximum Gasteiger partial charge on any atom is 0.254 e. The third-order valence-corrected chi connectivity index (χ3v) is 8.08. The molecule has 3 aromatic heterocycles. The van der Waals surface area contributed by atoms with Crippen molar-refractivity contribution in [2.45, 2.75) is 32.2 Å². The molecule has 4 heterocycles. The first-order chi connectivity index (χ1) is 21.2. The minimum absolute atomic E-state index is 0. The fraction of sp³-hybridized carbons (Fsp3) is 0.194. The van der Waals surface area contributed by atoms with Crippen LogP contribution in [0.15, 0.2) is 78.1 Å². The molecule has 0 fully saturated rings. The van der Waals surface area contributed by atoms with Crippen molar-refractivity contribution >= 4 is 53.1 Å². The zero-order valence-electron chi connectivity index (χ0n) is 23.9. The monoisotopic (exact) mass is 664 g/mol. The Morgan fingerprint density at radius 2 is 1.82 bits per heavy atom. The molecular weight excluding hydrogens is 639 g/mol. The lowest BCUT2D eigenvalue weighted by Crippen LogP contribution is -2.27. The molecule has 0 unspecified atom stereocenters. The van der Waals surface area contributed by atoms with Crippen LogP contribution in [0.1, 0.15) is 48.3 Å². The molecule has 1 aliphatic rings. The van der Waals surface area contributed by atoms with Gasteiger partial charge in [0.25, 0.3) is 5.56 Å². The summed E-state index contributed by atoms with van der Waals surface area (Å²) < 4.78 is 3.05. The lowest BCUT2D eigenvalue weighted by molar-refractivity contribution is -0.119. The summed E-state index contributed by atoms with van der Waals surface area (Å²) in [4.78, 5) is 48.0. The van der Waals surface area contributed by atoms with Gasteiger partial charge in [-0.3, -0.25) is 23.9 Å². The highest BCUT2D eigenvalue weighted by molar-refractivity contribution is 6.31. The van der Waals surface area contributed by atoms with Gasteiger partial charge in [-0.2, -0.15) is 0 Å². The number of benzene rings is 2. The van der Waals surface area contributed by atoms with Gasteiger partial charge >= 0.3 is 0 Å². The summed E-state index contributed by atoms with van der Waals surface area (Å²) in [6, 6.07) is 14.8. The van der Waals surface area contributed by atoms with Crippen molar-refractivity contribution in [2.75, 3.05) is 5.32 Å². The Bertz CT molecular complexity index is 1980. The number of pyridine rings is 1. The highest BCUT2D eigenvalue weighted by Crippen LogP contribution is 2.34. The molecule has 14 heteroatoms. The fourth-order valence-corrected chi connectivity index (χ4v) is 5.65. The molecule has 6 rings (SSSR count). The van der Waals surface area contributed by atoms with E-state index < -0.39 is 11.9 Å². The minimum atomic E-state index is -0.595. The standard InChI is InChI=1S/C31H26Cl2N8O3.ClH/c1-17-3-2-4-27(25-11-18(9-10-35-25)21-7-5-19(30(34)43)12-24(21)37-31(17)44)40-16-36-23(14-29(40)42)22-13-20(32)6-8-26(22)41-15-28(33)38-39-41;/h5-17,27H,2-4H2,1H3,(H2,34,43)(H,37,44);1H/t17-,27+;/m1./s1. The molecule has 0 spiro atoms. The molecule has 45 heavy (non-hydrogen) atoms. The van der Waals surface area contributed by atoms with Gasteiger partial charge in [0.05, 0.1) is 35.6 Å². The summed E-state index contributed by atoms with van der Waals surface area (Å²) in [6.07, 6.45) is 6.47. The maximum absolute atomic E-state index is 13.7. The Labute approximate surface area is 273 Å². The van der Waals surface area contributed by atoms with Gasteiger partial charge in [-0.15, -0.1) is 17.5 Å². The zero-order valence-corrected chi connectivity index (χ0v) is 26.2. The first kappa shape index (κ1) is 31.8. The van der Waals surface area contributed by atoms with Crippen LogP contribution in [-0.4, -0.2) is 41.3 Å².